The molecule has 7 nitrogen and oxygen atoms in total. The third-order valence-electron chi connectivity index (χ3n) is 6.49. The van der Waals surface area contributed by atoms with Crippen molar-refractivity contribution in [3.63, 3.8) is 0 Å². The van der Waals surface area contributed by atoms with Crippen molar-refractivity contribution < 1.29 is 22.7 Å². The second-order valence-corrected chi connectivity index (χ2v) is 10.7. The van der Waals surface area contributed by atoms with Crippen LogP contribution in [0.5, 0.6) is 5.75 Å². The molecule has 1 atom stereocenters. The SMILES string of the molecule is CCC(C)(C[SH](=O)=O)NC(=O)c1ccc2c(c1)C(C)(C)C(=O)N2c1cccc(OC2CC2)c1. The molecule has 1 heterocycles. The van der Waals surface area contributed by atoms with E-state index in [4.69, 9.17) is 4.74 Å². The summed E-state index contributed by atoms with van der Waals surface area (Å²) >= 11 is 0. The monoisotopic (exact) mass is 470 g/mol. The topological polar surface area (TPSA) is 92.8 Å². The minimum Gasteiger partial charge on any atom is -0.490 e. The molecule has 1 saturated carbocycles. The first kappa shape index (κ1) is 23.3. The maximum absolute atomic E-state index is 13.4. The van der Waals surface area contributed by atoms with Crippen molar-refractivity contribution in [1.82, 2.24) is 5.32 Å². The molecule has 1 unspecified atom stereocenters. The third kappa shape index (κ3) is 4.62. The molecule has 0 aromatic heterocycles. The van der Waals surface area contributed by atoms with Gasteiger partial charge >= 0.3 is 0 Å². The first-order valence-corrected chi connectivity index (χ1v) is 12.6. The molecular weight excluding hydrogens is 440 g/mol. The highest BCUT2D eigenvalue weighted by Gasteiger charge is 2.45. The molecular formula is C25H30N2O5S. The summed E-state index contributed by atoms with van der Waals surface area (Å²) in [4.78, 5) is 28.1. The number of rotatable bonds is 8. The molecule has 2 amide bonds. The minimum atomic E-state index is -2.63. The van der Waals surface area contributed by atoms with E-state index in [0.717, 1.165) is 35.5 Å². The van der Waals surface area contributed by atoms with Gasteiger partial charge in [0.1, 0.15) is 16.5 Å². The van der Waals surface area contributed by atoms with E-state index in [0.29, 0.717) is 12.0 Å². The van der Waals surface area contributed by atoms with Crippen molar-refractivity contribution >= 4 is 33.9 Å². The number of carbonyl (C=O) groups excluding carboxylic acids is 2. The second-order valence-electron chi connectivity index (χ2n) is 9.67. The fourth-order valence-corrected chi connectivity index (χ4v) is 4.95. The Morgan fingerprint density at radius 3 is 2.58 bits per heavy atom. The summed E-state index contributed by atoms with van der Waals surface area (Å²) in [6.45, 7) is 7.25. The Morgan fingerprint density at radius 2 is 1.94 bits per heavy atom. The normalized spacial score (nSPS) is 18.7. The van der Waals surface area contributed by atoms with E-state index in [2.05, 4.69) is 5.32 Å². The largest absolute Gasteiger partial charge is 0.490 e. The van der Waals surface area contributed by atoms with Crippen LogP contribution in [0, 0.1) is 0 Å². The molecule has 1 aliphatic carbocycles. The van der Waals surface area contributed by atoms with Gasteiger partial charge in [0.2, 0.25) is 5.91 Å². The number of amides is 2. The number of benzene rings is 2. The number of nitrogens with zero attached hydrogens (tertiary/aromatic N) is 1. The van der Waals surface area contributed by atoms with Gasteiger partial charge < -0.3 is 10.1 Å². The third-order valence-corrected chi connectivity index (χ3v) is 7.44. The van der Waals surface area contributed by atoms with Crippen LogP contribution in [-0.4, -0.2) is 37.6 Å². The van der Waals surface area contributed by atoms with Gasteiger partial charge in [0, 0.05) is 11.6 Å². The summed E-state index contributed by atoms with van der Waals surface area (Å²) in [5.74, 6) is 0.161. The van der Waals surface area contributed by atoms with Gasteiger partial charge in [-0.2, -0.15) is 0 Å². The zero-order valence-corrected chi connectivity index (χ0v) is 20.3. The summed E-state index contributed by atoms with van der Waals surface area (Å²) in [6.07, 6.45) is 2.84. The average molecular weight is 471 g/mol. The summed E-state index contributed by atoms with van der Waals surface area (Å²) in [5, 5.41) is 2.86. The molecule has 1 aliphatic heterocycles. The molecule has 0 saturated heterocycles. The van der Waals surface area contributed by atoms with Crippen molar-refractivity contribution in [2.45, 2.75) is 64.0 Å². The zero-order valence-electron chi connectivity index (χ0n) is 19.4. The van der Waals surface area contributed by atoms with Crippen LogP contribution in [-0.2, 0) is 20.9 Å². The fourth-order valence-electron chi connectivity index (χ4n) is 4.08. The number of ether oxygens (including phenoxy) is 1. The van der Waals surface area contributed by atoms with Crippen LogP contribution in [0.3, 0.4) is 0 Å². The van der Waals surface area contributed by atoms with Crippen LogP contribution < -0.4 is 15.0 Å². The van der Waals surface area contributed by atoms with E-state index >= 15 is 0 Å². The molecule has 176 valence electrons. The van der Waals surface area contributed by atoms with Crippen molar-refractivity contribution in [2.75, 3.05) is 10.7 Å². The van der Waals surface area contributed by atoms with Gasteiger partial charge in [-0.3, -0.25) is 14.5 Å². The molecule has 2 aromatic rings. The molecule has 0 bridgehead atoms. The van der Waals surface area contributed by atoms with E-state index in [9.17, 15) is 18.0 Å². The van der Waals surface area contributed by atoms with Crippen LogP contribution in [0.15, 0.2) is 42.5 Å². The number of anilines is 2. The van der Waals surface area contributed by atoms with Crippen LogP contribution in [0.1, 0.15) is 62.9 Å². The first-order chi connectivity index (χ1) is 15.5. The van der Waals surface area contributed by atoms with Crippen molar-refractivity contribution in [3.8, 4) is 5.75 Å². The smallest absolute Gasteiger partial charge is 0.251 e. The molecule has 8 heteroatoms. The Hall–Kier alpha value is -2.87. The minimum absolute atomic E-state index is 0.0830. The summed E-state index contributed by atoms with van der Waals surface area (Å²) in [6, 6.07) is 12.7. The van der Waals surface area contributed by atoms with Gasteiger partial charge in [0.05, 0.1) is 34.2 Å². The van der Waals surface area contributed by atoms with Crippen LogP contribution in [0.25, 0.3) is 0 Å². The maximum atomic E-state index is 13.4. The number of fused-ring (bicyclic) bond motifs is 1. The van der Waals surface area contributed by atoms with Crippen LogP contribution >= 0.6 is 0 Å². The Bertz CT molecular complexity index is 1180. The Labute approximate surface area is 196 Å². The highest BCUT2D eigenvalue weighted by atomic mass is 32.2. The molecule has 2 aromatic carbocycles. The quantitative estimate of drug-likeness (QED) is 0.574. The van der Waals surface area contributed by atoms with E-state index in [-0.39, 0.29) is 23.7 Å². The summed E-state index contributed by atoms with van der Waals surface area (Å²) in [7, 11) is -2.63. The van der Waals surface area contributed by atoms with Crippen LogP contribution in [0.4, 0.5) is 11.4 Å². The molecule has 4 rings (SSSR count). The Balaban J connectivity index is 1.66. The van der Waals surface area contributed by atoms with Gasteiger partial charge in [0.15, 0.2) is 0 Å². The average Bonchev–Trinajstić information content (AvgIpc) is 3.54. The van der Waals surface area contributed by atoms with E-state index < -0.39 is 21.7 Å². The Kier molecular flexibility index (Phi) is 5.99. The number of hydrogen-bond acceptors (Lipinski definition) is 5. The highest BCUT2D eigenvalue weighted by Crippen LogP contribution is 2.46. The van der Waals surface area contributed by atoms with Crippen LogP contribution in [0.2, 0.25) is 0 Å². The zero-order chi connectivity index (χ0) is 24.0. The lowest BCUT2D eigenvalue weighted by Crippen LogP contribution is -2.48. The predicted molar refractivity (Wildman–Crippen MR) is 128 cm³/mol. The lowest BCUT2D eigenvalue weighted by molar-refractivity contribution is -0.121. The van der Waals surface area contributed by atoms with E-state index in [1.54, 1.807) is 30.0 Å². The lowest BCUT2D eigenvalue weighted by atomic mass is 9.85. The summed E-state index contributed by atoms with van der Waals surface area (Å²) in [5.41, 5.74) is 0.909. The molecule has 0 spiro atoms. The standard InChI is InChI=1S/C25H30N2O5S/c1-5-25(4,15-33(30)31)26-22(28)16-9-12-21-20(13-16)24(2,3)23(29)27(21)17-7-6-8-19(14-17)32-18-10-11-18/h6-9,12-14,18,33H,5,10-11,15H2,1-4H3,(H,26,28). The highest BCUT2D eigenvalue weighted by molar-refractivity contribution is 7.72. The van der Waals surface area contributed by atoms with Gasteiger partial charge in [-0.15, -0.1) is 0 Å². The fraction of sp³-hybridized carbons (Fsp3) is 0.440. The number of carbonyl (C=O) groups is 2. The summed E-state index contributed by atoms with van der Waals surface area (Å²) < 4.78 is 28.4. The first-order valence-electron chi connectivity index (χ1n) is 11.2. The predicted octanol–water partition coefficient (Wildman–Crippen LogP) is 3.69. The molecule has 33 heavy (non-hydrogen) atoms. The van der Waals surface area contributed by atoms with Gasteiger partial charge in [-0.1, -0.05) is 13.0 Å². The number of nitrogens with one attached hydrogen (secondary N) is 1. The van der Waals surface area contributed by atoms with Gasteiger partial charge in [-0.25, -0.2) is 8.42 Å². The molecule has 1 N–H and O–H groups in total. The molecule has 0 radical (unpaired) electrons. The number of hydrogen-bond donors (Lipinski definition) is 2. The van der Waals surface area contributed by atoms with Crippen molar-refractivity contribution in [3.05, 3.63) is 53.6 Å². The van der Waals surface area contributed by atoms with E-state index in [1.165, 1.54) is 0 Å². The van der Waals surface area contributed by atoms with Crippen molar-refractivity contribution in [1.29, 1.82) is 0 Å². The maximum Gasteiger partial charge on any atom is 0.251 e. The van der Waals surface area contributed by atoms with Crippen molar-refractivity contribution in [2.24, 2.45) is 0 Å². The van der Waals surface area contributed by atoms with Gasteiger partial charge in [-0.05, 0) is 75.9 Å². The molecule has 2 aliphatic rings. The lowest BCUT2D eigenvalue weighted by Gasteiger charge is -2.27. The Morgan fingerprint density at radius 1 is 1.21 bits per heavy atom. The molecule has 1 fully saturated rings. The van der Waals surface area contributed by atoms with Gasteiger partial charge in [0.25, 0.3) is 5.91 Å². The second kappa shape index (κ2) is 8.48. The number of thiol groups is 1. The van der Waals surface area contributed by atoms with E-state index in [1.807, 2.05) is 45.0 Å².